The summed E-state index contributed by atoms with van der Waals surface area (Å²) in [6.45, 7) is 6.57. The second-order valence-corrected chi connectivity index (χ2v) is 10.0. The predicted octanol–water partition coefficient (Wildman–Crippen LogP) is 4.63. The maximum atomic E-state index is 12.2. The second-order valence-electron chi connectivity index (χ2n) is 9.40. The third-order valence-corrected chi connectivity index (χ3v) is 8.96. The van der Waals surface area contributed by atoms with E-state index in [1.165, 1.54) is 24.8 Å². The fourth-order valence-corrected chi connectivity index (χ4v) is 7.89. The van der Waals surface area contributed by atoms with Gasteiger partial charge in [0.1, 0.15) is 5.78 Å². The molecule has 3 fully saturated rings. The predicted molar refractivity (Wildman–Crippen MR) is 99.0 cm³/mol. The van der Waals surface area contributed by atoms with E-state index >= 15 is 0 Å². The largest absolute Gasteiger partial charge is 0.300 e. The summed E-state index contributed by atoms with van der Waals surface area (Å²) in [5, 5.41) is 0.222. The number of Topliss-reactive ketones (excluding diaryl/α,β-unsaturated/α-hetero) is 1. The topological polar surface area (TPSA) is 34.1 Å². The minimum atomic E-state index is 0.152. The van der Waals surface area contributed by atoms with E-state index in [-0.39, 0.29) is 27.8 Å². The average Bonchev–Trinajstić information content (AvgIpc) is 2.87. The molecule has 4 rings (SSSR count). The van der Waals surface area contributed by atoms with E-state index in [9.17, 15) is 9.59 Å². The van der Waals surface area contributed by atoms with E-state index in [0.717, 1.165) is 19.3 Å². The molecule has 0 aliphatic heterocycles. The zero-order valence-corrected chi connectivity index (χ0v) is 16.1. The van der Waals surface area contributed by atoms with Gasteiger partial charge < -0.3 is 0 Å². The number of thiol groups is 1. The van der Waals surface area contributed by atoms with E-state index in [1.807, 2.05) is 6.08 Å². The van der Waals surface area contributed by atoms with Crippen molar-refractivity contribution < 1.29 is 9.59 Å². The van der Waals surface area contributed by atoms with Gasteiger partial charge in [-0.1, -0.05) is 13.8 Å². The summed E-state index contributed by atoms with van der Waals surface area (Å²) in [5.41, 5.74) is 1.66. The first-order chi connectivity index (χ1) is 11.3. The van der Waals surface area contributed by atoms with Crippen molar-refractivity contribution in [2.45, 2.75) is 71.0 Å². The molecule has 0 N–H and O–H groups in total. The first kappa shape index (κ1) is 16.9. The minimum absolute atomic E-state index is 0.152. The number of hydrogen-bond donors (Lipinski definition) is 1. The molecule has 24 heavy (non-hydrogen) atoms. The number of fused-ring (bicyclic) bond motifs is 5. The summed E-state index contributed by atoms with van der Waals surface area (Å²) < 4.78 is 0. The van der Waals surface area contributed by atoms with Gasteiger partial charge >= 0.3 is 0 Å². The van der Waals surface area contributed by atoms with Gasteiger partial charge in [0.2, 0.25) is 0 Å². The number of carbonyl (C=O) groups excluding carboxylic acids is 2. The fraction of sp³-hybridized carbons (Fsp3) is 0.810. The van der Waals surface area contributed by atoms with Crippen LogP contribution in [0.4, 0.5) is 0 Å². The van der Waals surface area contributed by atoms with Gasteiger partial charge in [0.25, 0.3) is 0 Å². The van der Waals surface area contributed by atoms with Crippen LogP contribution in [0.1, 0.15) is 65.7 Å². The van der Waals surface area contributed by atoms with Crippen molar-refractivity contribution in [2.24, 2.45) is 34.5 Å². The van der Waals surface area contributed by atoms with Crippen LogP contribution in [0.5, 0.6) is 0 Å². The van der Waals surface area contributed by atoms with Crippen LogP contribution in [-0.2, 0) is 9.59 Å². The monoisotopic (exact) mass is 346 g/mol. The highest BCUT2D eigenvalue weighted by molar-refractivity contribution is 7.81. The highest BCUT2D eigenvalue weighted by Crippen LogP contribution is 2.67. The Bertz CT molecular complexity index is 623. The van der Waals surface area contributed by atoms with Crippen molar-refractivity contribution in [2.75, 3.05) is 0 Å². The molecule has 4 aliphatic rings. The van der Waals surface area contributed by atoms with Gasteiger partial charge in [-0.25, -0.2) is 0 Å². The molecular formula is C21H30O2S. The molecule has 4 aliphatic carbocycles. The smallest absolute Gasteiger partial charge is 0.155 e. The van der Waals surface area contributed by atoms with Crippen molar-refractivity contribution in [1.82, 2.24) is 0 Å². The summed E-state index contributed by atoms with van der Waals surface area (Å²) in [5.74, 6) is 2.95. The maximum absolute atomic E-state index is 12.2. The fourth-order valence-electron chi connectivity index (χ4n) is 7.27. The van der Waals surface area contributed by atoms with E-state index in [0.29, 0.717) is 30.0 Å². The summed E-state index contributed by atoms with van der Waals surface area (Å²) in [7, 11) is 0. The van der Waals surface area contributed by atoms with Crippen molar-refractivity contribution in [3.05, 3.63) is 11.6 Å². The number of rotatable bonds is 1. The Kier molecular flexibility index (Phi) is 3.84. The Morgan fingerprint density at radius 3 is 2.62 bits per heavy atom. The first-order valence-corrected chi connectivity index (χ1v) is 10.2. The van der Waals surface area contributed by atoms with Gasteiger partial charge in [0.15, 0.2) is 5.78 Å². The molecule has 0 bridgehead atoms. The van der Waals surface area contributed by atoms with Crippen LogP contribution in [0.3, 0.4) is 0 Å². The Labute approximate surface area is 151 Å². The molecule has 0 aromatic carbocycles. The Hall–Kier alpha value is -0.570. The lowest BCUT2D eigenvalue weighted by Gasteiger charge is -2.59. The third kappa shape index (κ3) is 2.15. The summed E-state index contributed by atoms with van der Waals surface area (Å²) in [6, 6.07) is 0. The van der Waals surface area contributed by atoms with Crippen LogP contribution in [0.15, 0.2) is 11.6 Å². The van der Waals surface area contributed by atoms with Crippen LogP contribution < -0.4 is 0 Å². The molecule has 0 radical (unpaired) electrons. The first-order valence-electron chi connectivity index (χ1n) is 9.71. The van der Waals surface area contributed by atoms with Gasteiger partial charge in [-0.3, -0.25) is 9.59 Å². The zero-order valence-electron chi connectivity index (χ0n) is 15.2. The lowest BCUT2D eigenvalue weighted by molar-refractivity contribution is -0.128. The molecule has 132 valence electrons. The van der Waals surface area contributed by atoms with Gasteiger partial charge in [0, 0.05) is 17.6 Å². The standard InChI is InChI=1S/C21H30O2S/c1-12(22)15-4-5-16-14-11-19(24)18-10-13(23)6-8-21(18,3)17(14)7-9-20(15,16)2/h10,14-17,19,24H,4-9,11H2,1-3H3/t14-,15+,16-,17-,19?,20+,21+/m0/s1. The maximum Gasteiger partial charge on any atom is 0.155 e. The van der Waals surface area contributed by atoms with Crippen LogP contribution >= 0.6 is 12.6 Å². The molecule has 0 aromatic rings. The quantitative estimate of drug-likeness (QED) is 0.702. The highest BCUT2D eigenvalue weighted by atomic mass is 32.1. The Morgan fingerprint density at radius 2 is 1.92 bits per heavy atom. The zero-order chi connectivity index (χ0) is 17.3. The number of carbonyl (C=O) groups is 2. The van der Waals surface area contributed by atoms with Crippen LogP contribution in [0.25, 0.3) is 0 Å². The van der Waals surface area contributed by atoms with Crippen LogP contribution in [0.2, 0.25) is 0 Å². The molecule has 3 saturated carbocycles. The molecule has 2 nitrogen and oxygen atoms in total. The molecule has 0 spiro atoms. The molecule has 0 heterocycles. The molecular weight excluding hydrogens is 316 g/mol. The summed E-state index contributed by atoms with van der Waals surface area (Å²) in [6.07, 6.45) is 9.38. The average molecular weight is 347 g/mol. The van der Waals surface area contributed by atoms with Crippen molar-refractivity contribution >= 4 is 24.2 Å². The van der Waals surface area contributed by atoms with Gasteiger partial charge in [-0.05, 0) is 85.7 Å². The number of hydrogen-bond acceptors (Lipinski definition) is 3. The van der Waals surface area contributed by atoms with E-state index in [4.69, 9.17) is 12.6 Å². The van der Waals surface area contributed by atoms with Gasteiger partial charge in [-0.15, -0.1) is 0 Å². The van der Waals surface area contributed by atoms with E-state index in [2.05, 4.69) is 13.8 Å². The molecule has 0 aromatic heterocycles. The van der Waals surface area contributed by atoms with E-state index in [1.54, 1.807) is 6.92 Å². The normalized spacial score (nSPS) is 50.6. The lowest BCUT2D eigenvalue weighted by atomic mass is 9.46. The van der Waals surface area contributed by atoms with Crippen LogP contribution in [0, 0.1) is 34.5 Å². The van der Waals surface area contributed by atoms with Gasteiger partial charge in [0.05, 0.1) is 0 Å². The summed E-state index contributed by atoms with van der Waals surface area (Å²) in [4.78, 5) is 24.2. The minimum Gasteiger partial charge on any atom is -0.300 e. The third-order valence-electron chi connectivity index (χ3n) is 8.47. The van der Waals surface area contributed by atoms with Crippen molar-refractivity contribution in [3.63, 3.8) is 0 Å². The van der Waals surface area contributed by atoms with Crippen LogP contribution in [-0.4, -0.2) is 16.8 Å². The second kappa shape index (κ2) is 5.46. The van der Waals surface area contributed by atoms with E-state index < -0.39 is 0 Å². The number of ketones is 2. The SMILES string of the molecule is CC(=O)[C@H]1CC[C@H]2[C@@H]3CC(S)C4=CC(=O)CC[C@]4(C)[C@H]3CC[C@]12C. The molecule has 0 amide bonds. The molecule has 0 saturated heterocycles. The lowest BCUT2D eigenvalue weighted by Crippen LogP contribution is -2.53. The van der Waals surface area contributed by atoms with Gasteiger partial charge in [-0.2, -0.15) is 12.6 Å². The van der Waals surface area contributed by atoms with Crippen molar-refractivity contribution in [1.29, 1.82) is 0 Å². The summed E-state index contributed by atoms with van der Waals surface area (Å²) >= 11 is 4.93. The Balaban J connectivity index is 1.71. The molecule has 1 unspecified atom stereocenters. The highest BCUT2D eigenvalue weighted by Gasteiger charge is 2.60. The molecule has 3 heteroatoms. The van der Waals surface area contributed by atoms with Crippen molar-refractivity contribution in [3.8, 4) is 0 Å². The molecule has 7 atom stereocenters. The Morgan fingerprint density at radius 1 is 1.17 bits per heavy atom.